The van der Waals surface area contributed by atoms with Gasteiger partial charge in [0.1, 0.15) is 0 Å². The molecular weight excluding hydrogens is 335 g/mol. The number of carbonyl (C=O) groups excluding carboxylic acids is 1. The van der Waals surface area contributed by atoms with Crippen LogP contribution in [-0.2, 0) is 6.18 Å². The molecule has 3 rings (SSSR count). The normalized spacial score (nSPS) is 11.4. The third-order valence-corrected chi connectivity index (χ3v) is 3.38. The van der Waals surface area contributed by atoms with Gasteiger partial charge in [0.2, 0.25) is 11.7 Å². The van der Waals surface area contributed by atoms with E-state index in [1.807, 2.05) is 0 Å². The van der Waals surface area contributed by atoms with Crippen LogP contribution in [0.4, 0.5) is 18.9 Å². The second kappa shape index (κ2) is 6.39. The molecule has 0 saturated carbocycles. The number of benzene rings is 2. The number of rotatable bonds is 3. The first kappa shape index (κ1) is 16.7. The molecular formula is C17H12F3N3O2. The number of nitrogens with one attached hydrogen (secondary N) is 1. The van der Waals surface area contributed by atoms with Gasteiger partial charge in [-0.15, -0.1) is 0 Å². The minimum Gasteiger partial charge on any atom is -0.339 e. The van der Waals surface area contributed by atoms with Crippen molar-refractivity contribution in [2.24, 2.45) is 0 Å². The highest BCUT2D eigenvalue weighted by Gasteiger charge is 2.30. The maximum absolute atomic E-state index is 12.6. The van der Waals surface area contributed by atoms with Crippen molar-refractivity contribution in [3.8, 4) is 11.4 Å². The Labute approximate surface area is 140 Å². The Bertz CT molecular complexity index is 902. The smallest absolute Gasteiger partial charge is 0.339 e. The van der Waals surface area contributed by atoms with Crippen molar-refractivity contribution < 1.29 is 22.5 Å². The fourth-order valence-corrected chi connectivity index (χ4v) is 2.17. The first-order valence-electron chi connectivity index (χ1n) is 7.22. The summed E-state index contributed by atoms with van der Waals surface area (Å²) in [6.07, 6.45) is -4.44. The van der Waals surface area contributed by atoms with E-state index >= 15 is 0 Å². The SMILES string of the molecule is Cc1nc(-c2cccc(NC(=O)c3ccc(C(F)(F)F)cc3)c2)no1. The van der Waals surface area contributed by atoms with Crippen LogP contribution in [0.15, 0.2) is 53.1 Å². The van der Waals surface area contributed by atoms with Gasteiger partial charge in [-0.25, -0.2) is 0 Å². The predicted molar refractivity (Wildman–Crippen MR) is 83.9 cm³/mol. The predicted octanol–water partition coefficient (Wildman–Crippen LogP) is 4.32. The summed E-state index contributed by atoms with van der Waals surface area (Å²) in [5, 5.41) is 6.42. The van der Waals surface area contributed by atoms with Gasteiger partial charge in [-0.1, -0.05) is 17.3 Å². The van der Waals surface area contributed by atoms with Crippen LogP contribution in [0.1, 0.15) is 21.8 Å². The van der Waals surface area contributed by atoms with Gasteiger partial charge in [-0.05, 0) is 36.4 Å². The average molecular weight is 347 g/mol. The number of amides is 1. The van der Waals surface area contributed by atoms with Crippen LogP contribution in [0.2, 0.25) is 0 Å². The van der Waals surface area contributed by atoms with Gasteiger partial charge >= 0.3 is 6.18 Å². The molecule has 3 aromatic rings. The summed E-state index contributed by atoms with van der Waals surface area (Å²) in [6.45, 7) is 1.66. The molecule has 0 unspecified atom stereocenters. The highest BCUT2D eigenvalue weighted by molar-refractivity contribution is 6.04. The van der Waals surface area contributed by atoms with E-state index in [4.69, 9.17) is 4.52 Å². The lowest BCUT2D eigenvalue weighted by molar-refractivity contribution is -0.137. The highest BCUT2D eigenvalue weighted by Crippen LogP contribution is 2.29. The van der Waals surface area contributed by atoms with Gasteiger partial charge in [0.05, 0.1) is 5.56 Å². The molecule has 1 amide bonds. The molecule has 0 radical (unpaired) electrons. The van der Waals surface area contributed by atoms with Crippen LogP contribution in [0, 0.1) is 6.92 Å². The molecule has 1 heterocycles. The zero-order chi connectivity index (χ0) is 18.0. The number of halogens is 3. The van der Waals surface area contributed by atoms with Crippen molar-refractivity contribution >= 4 is 11.6 Å². The summed E-state index contributed by atoms with van der Waals surface area (Å²) in [7, 11) is 0. The van der Waals surface area contributed by atoms with E-state index in [-0.39, 0.29) is 5.56 Å². The summed E-state index contributed by atoms with van der Waals surface area (Å²) in [4.78, 5) is 16.3. The highest BCUT2D eigenvalue weighted by atomic mass is 19.4. The summed E-state index contributed by atoms with van der Waals surface area (Å²) in [6, 6.07) is 10.7. The van der Waals surface area contributed by atoms with Crippen molar-refractivity contribution in [2.75, 3.05) is 5.32 Å². The molecule has 128 valence electrons. The van der Waals surface area contributed by atoms with Gasteiger partial charge in [0, 0.05) is 23.7 Å². The summed E-state index contributed by atoms with van der Waals surface area (Å²) in [5.74, 6) is 0.271. The van der Waals surface area contributed by atoms with Crippen LogP contribution in [0.3, 0.4) is 0 Å². The zero-order valence-corrected chi connectivity index (χ0v) is 13.0. The Morgan fingerprint density at radius 1 is 1.12 bits per heavy atom. The molecule has 1 aromatic heterocycles. The Hall–Kier alpha value is -3.16. The first-order chi connectivity index (χ1) is 11.8. The van der Waals surface area contributed by atoms with E-state index in [1.165, 1.54) is 0 Å². The van der Waals surface area contributed by atoms with E-state index in [0.29, 0.717) is 23.0 Å². The maximum atomic E-state index is 12.6. The Kier molecular flexibility index (Phi) is 4.26. The number of aryl methyl sites for hydroxylation is 1. The van der Waals surface area contributed by atoms with Crippen molar-refractivity contribution in [3.05, 3.63) is 65.5 Å². The number of alkyl halides is 3. The summed E-state index contributed by atoms with van der Waals surface area (Å²) < 4.78 is 42.6. The second-order valence-corrected chi connectivity index (χ2v) is 5.25. The van der Waals surface area contributed by atoms with Crippen molar-refractivity contribution in [3.63, 3.8) is 0 Å². The van der Waals surface area contributed by atoms with Crippen LogP contribution in [-0.4, -0.2) is 16.0 Å². The summed E-state index contributed by atoms with van der Waals surface area (Å²) in [5.41, 5.74) is 0.416. The van der Waals surface area contributed by atoms with Crippen LogP contribution < -0.4 is 5.32 Å². The van der Waals surface area contributed by atoms with E-state index in [1.54, 1.807) is 31.2 Å². The monoisotopic (exact) mass is 347 g/mol. The first-order valence-corrected chi connectivity index (χ1v) is 7.22. The number of carbonyl (C=O) groups is 1. The lowest BCUT2D eigenvalue weighted by Crippen LogP contribution is -2.12. The molecule has 25 heavy (non-hydrogen) atoms. The molecule has 0 spiro atoms. The molecule has 8 heteroatoms. The van der Waals surface area contributed by atoms with Crippen LogP contribution in [0.5, 0.6) is 0 Å². The molecule has 0 saturated heterocycles. The Balaban J connectivity index is 1.77. The van der Waals surface area contributed by atoms with E-state index in [2.05, 4.69) is 15.5 Å². The third kappa shape index (κ3) is 3.85. The zero-order valence-electron chi connectivity index (χ0n) is 13.0. The van der Waals surface area contributed by atoms with Crippen molar-refractivity contribution in [1.29, 1.82) is 0 Å². The van der Waals surface area contributed by atoms with Gasteiger partial charge in [-0.3, -0.25) is 4.79 Å². The molecule has 5 nitrogen and oxygen atoms in total. The van der Waals surface area contributed by atoms with E-state index < -0.39 is 17.6 Å². The van der Waals surface area contributed by atoms with E-state index in [0.717, 1.165) is 24.3 Å². The Morgan fingerprint density at radius 3 is 2.44 bits per heavy atom. The fourth-order valence-electron chi connectivity index (χ4n) is 2.17. The number of aromatic nitrogens is 2. The van der Waals surface area contributed by atoms with Crippen molar-refractivity contribution in [2.45, 2.75) is 13.1 Å². The second-order valence-electron chi connectivity index (χ2n) is 5.25. The van der Waals surface area contributed by atoms with Crippen molar-refractivity contribution in [1.82, 2.24) is 10.1 Å². The molecule has 0 aliphatic carbocycles. The molecule has 0 aliphatic rings. The van der Waals surface area contributed by atoms with Crippen LogP contribution >= 0.6 is 0 Å². The summed E-state index contributed by atoms with van der Waals surface area (Å²) >= 11 is 0. The minimum atomic E-state index is -4.44. The van der Waals surface area contributed by atoms with Gasteiger partial charge < -0.3 is 9.84 Å². The van der Waals surface area contributed by atoms with E-state index in [9.17, 15) is 18.0 Å². The largest absolute Gasteiger partial charge is 0.416 e. The quantitative estimate of drug-likeness (QED) is 0.766. The number of anilines is 1. The molecule has 2 aromatic carbocycles. The minimum absolute atomic E-state index is 0.119. The number of hydrogen-bond donors (Lipinski definition) is 1. The Morgan fingerprint density at radius 2 is 1.84 bits per heavy atom. The van der Waals surface area contributed by atoms with Gasteiger partial charge in [-0.2, -0.15) is 18.2 Å². The molecule has 0 atom stereocenters. The lowest BCUT2D eigenvalue weighted by Gasteiger charge is -2.09. The topological polar surface area (TPSA) is 68.0 Å². The molecule has 0 bridgehead atoms. The lowest BCUT2D eigenvalue weighted by atomic mass is 10.1. The van der Waals surface area contributed by atoms with Gasteiger partial charge in [0.15, 0.2) is 0 Å². The molecule has 0 fully saturated rings. The number of hydrogen-bond acceptors (Lipinski definition) is 4. The number of nitrogens with zero attached hydrogens (tertiary/aromatic N) is 2. The molecule has 0 aliphatic heterocycles. The van der Waals surface area contributed by atoms with Gasteiger partial charge in [0.25, 0.3) is 5.91 Å². The maximum Gasteiger partial charge on any atom is 0.416 e. The fraction of sp³-hybridized carbons (Fsp3) is 0.118. The molecule has 1 N–H and O–H groups in total. The average Bonchev–Trinajstić information content (AvgIpc) is 3.01. The third-order valence-electron chi connectivity index (χ3n) is 3.38. The van der Waals surface area contributed by atoms with Crippen LogP contribution in [0.25, 0.3) is 11.4 Å². The standard InChI is InChI=1S/C17H12F3N3O2/c1-10-21-15(23-25-10)12-3-2-4-14(9-12)22-16(24)11-5-7-13(8-6-11)17(18,19)20/h2-9H,1H3,(H,22,24).